The monoisotopic (exact) mass is 307 g/mol. The van der Waals surface area contributed by atoms with Gasteiger partial charge in [0.15, 0.2) is 0 Å². The van der Waals surface area contributed by atoms with Crippen LogP contribution in [0.15, 0.2) is 23.6 Å². The first-order valence-corrected chi connectivity index (χ1v) is 8.38. The van der Waals surface area contributed by atoms with Gasteiger partial charge < -0.3 is 4.74 Å². The van der Waals surface area contributed by atoms with Crippen LogP contribution in [0.1, 0.15) is 38.5 Å². The van der Waals surface area contributed by atoms with Gasteiger partial charge in [0.05, 0.1) is 13.3 Å². The van der Waals surface area contributed by atoms with Crippen LogP contribution in [-0.4, -0.2) is 39.9 Å². The standard InChI is InChI=1S/C15H21N3O2S/c1-20-14(19)15(18-11-4-5-11)6-2-3-12(9-15)21-13-10-16-7-8-17-13/h7-8,10-12,18H,2-6,9H2,1H3. The van der Waals surface area contributed by atoms with Crippen LogP contribution in [0, 0.1) is 0 Å². The molecular weight excluding hydrogens is 286 g/mol. The Bertz CT molecular complexity index is 495. The fourth-order valence-corrected chi connectivity index (χ4v) is 4.27. The van der Waals surface area contributed by atoms with Crippen molar-refractivity contribution in [3.63, 3.8) is 0 Å². The van der Waals surface area contributed by atoms with Crippen molar-refractivity contribution in [2.24, 2.45) is 0 Å². The number of carbonyl (C=O) groups excluding carboxylic acids is 1. The second-order valence-corrected chi connectivity index (χ2v) is 7.19. The third-order valence-electron chi connectivity index (χ3n) is 4.17. The highest BCUT2D eigenvalue weighted by molar-refractivity contribution is 7.99. The molecule has 114 valence electrons. The average Bonchev–Trinajstić information content (AvgIpc) is 3.31. The van der Waals surface area contributed by atoms with E-state index in [9.17, 15) is 4.79 Å². The Balaban J connectivity index is 1.70. The van der Waals surface area contributed by atoms with Crippen LogP contribution in [-0.2, 0) is 9.53 Å². The minimum absolute atomic E-state index is 0.112. The second-order valence-electron chi connectivity index (χ2n) is 5.87. The van der Waals surface area contributed by atoms with E-state index in [1.54, 1.807) is 30.4 Å². The number of hydrogen-bond donors (Lipinski definition) is 1. The Hall–Kier alpha value is -1.14. The van der Waals surface area contributed by atoms with Gasteiger partial charge in [-0.05, 0) is 38.5 Å². The lowest BCUT2D eigenvalue weighted by molar-refractivity contribution is -0.150. The minimum atomic E-state index is -0.506. The summed E-state index contributed by atoms with van der Waals surface area (Å²) in [6.07, 6.45) is 11.3. The quantitative estimate of drug-likeness (QED) is 0.841. The molecule has 2 aliphatic carbocycles. The van der Waals surface area contributed by atoms with Crippen molar-refractivity contribution in [3.05, 3.63) is 18.6 Å². The van der Waals surface area contributed by atoms with Crippen LogP contribution in [0.25, 0.3) is 0 Å². The van der Waals surface area contributed by atoms with Crippen LogP contribution in [0.5, 0.6) is 0 Å². The number of aromatic nitrogens is 2. The summed E-state index contributed by atoms with van der Waals surface area (Å²) in [5.41, 5.74) is -0.506. The zero-order valence-electron chi connectivity index (χ0n) is 12.2. The first-order chi connectivity index (χ1) is 10.2. The van der Waals surface area contributed by atoms with Gasteiger partial charge in [-0.3, -0.25) is 15.1 Å². The largest absolute Gasteiger partial charge is 0.468 e. The van der Waals surface area contributed by atoms with Crippen LogP contribution >= 0.6 is 11.8 Å². The number of nitrogens with zero attached hydrogens (tertiary/aromatic N) is 2. The van der Waals surface area contributed by atoms with Gasteiger partial charge in [0.1, 0.15) is 10.6 Å². The molecule has 0 saturated heterocycles. The highest BCUT2D eigenvalue weighted by Gasteiger charge is 2.46. The third-order valence-corrected chi connectivity index (χ3v) is 5.35. The number of carbonyl (C=O) groups is 1. The topological polar surface area (TPSA) is 64.1 Å². The van der Waals surface area contributed by atoms with Gasteiger partial charge in [0.2, 0.25) is 0 Å². The average molecular weight is 307 g/mol. The molecule has 1 aromatic rings. The van der Waals surface area contributed by atoms with Crippen LogP contribution in [0.4, 0.5) is 0 Å². The van der Waals surface area contributed by atoms with Gasteiger partial charge in [-0.2, -0.15) is 0 Å². The number of nitrogens with one attached hydrogen (secondary N) is 1. The van der Waals surface area contributed by atoms with Crippen LogP contribution in [0.2, 0.25) is 0 Å². The third kappa shape index (κ3) is 3.55. The maximum atomic E-state index is 12.3. The smallest absolute Gasteiger partial charge is 0.326 e. The van der Waals surface area contributed by atoms with Gasteiger partial charge >= 0.3 is 5.97 Å². The molecule has 0 amide bonds. The molecule has 2 aliphatic rings. The van der Waals surface area contributed by atoms with Gasteiger partial charge in [-0.25, -0.2) is 4.98 Å². The first-order valence-electron chi connectivity index (χ1n) is 7.51. The summed E-state index contributed by atoms with van der Waals surface area (Å²) in [5, 5.41) is 4.85. The lowest BCUT2D eigenvalue weighted by Crippen LogP contribution is -2.56. The van der Waals surface area contributed by atoms with E-state index in [0.717, 1.165) is 30.7 Å². The highest BCUT2D eigenvalue weighted by Crippen LogP contribution is 2.40. The Morgan fingerprint density at radius 1 is 1.43 bits per heavy atom. The predicted octanol–water partition coefficient (Wildman–Crippen LogP) is 2.18. The van der Waals surface area contributed by atoms with Crippen molar-refractivity contribution in [2.75, 3.05) is 7.11 Å². The van der Waals surface area contributed by atoms with E-state index in [1.165, 1.54) is 20.0 Å². The molecule has 1 N–H and O–H groups in total. The summed E-state index contributed by atoms with van der Waals surface area (Å²) in [5.74, 6) is -0.112. The van der Waals surface area contributed by atoms with Crippen LogP contribution < -0.4 is 5.32 Å². The van der Waals surface area contributed by atoms with E-state index in [4.69, 9.17) is 4.74 Å². The Morgan fingerprint density at radius 2 is 2.29 bits per heavy atom. The lowest BCUT2D eigenvalue weighted by Gasteiger charge is -2.39. The van der Waals surface area contributed by atoms with E-state index in [2.05, 4.69) is 15.3 Å². The van der Waals surface area contributed by atoms with Crippen molar-refractivity contribution in [1.29, 1.82) is 0 Å². The fourth-order valence-electron chi connectivity index (χ4n) is 3.03. The molecule has 5 nitrogen and oxygen atoms in total. The summed E-state index contributed by atoms with van der Waals surface area (Å²) < 4.78 is 5.08. The van der Waals surface area contributed by atoms with Crippen molar-refractivity contribution < 1.29 is 9.53 Å². The Labute approximate surface area is 129 Å². The molecule has 2 saturated carbocycles. The molecule has 0 aromatic carbocycles. The zero-order valence-corrected chi connectivity index (χ0v) is 13.1. The van der Waals surface area contributed by atoms with E-state index in [-0.39, 0.29) is 5.97 Å². The molecule has 2 unspecified atom stereocenters. The molecule has 1 aromatic heterocycles. The summed E-state index contributed by atoms with van der Waals surface area (Å²) in [6.45, 7) is 0. The van der Waals surface area contributed by atoms with Gasteiger partial charge in [0.25, 0.3) is 0 Å². The summed E-state index contributed by atoms with van der Waals surface area (Å²) in [4.78, 5) is 20.8. The normalized spacial score (nSPS) is 29.1. The summed E-state index contributed by atoms with van der Waals surface area (Å²) in [7, 11) is 1.48. The molecule has 0 radical (unpaired) electrons. The maximum absolute atomic E-state index is 12.3. The first kappa shape index (κ1) is 14.8. The molecule has 1 heterocycles. The number of rotatable bonds is 5. The molecule has 0 aliphatic heterocycles. The Kier molecular flexibility index (Phi) is 4.45. The minimum Gasteiger partial charge on any atom is -0.468 e. The van der Waals surface area contributed by atoms with Crippen LogP contribution in [0.3, 0.4) is 0 Å². The molecule has 0 spiro atoms. The maximum Gasteiger partial charge on any atom is 0.326 e. The number of methoxy groups -OCH3 is 1. The molecule has 21 heavy (non-hydrogen) atoms. The highest BCUT2D eigenvalue weighted by atomic mass is 32.2. The molecule has 0 bridgehead atoms. The number of ether oxygens (including phenoxy) is 1. The number of thioether (sulfide) groups is 1. The van der Waals surface area contributed by atoms with Crippen molar-refractivity contribution in [2.45, 2.75) is 60.4 Å². The van der Waals surface area contributed by atoms with Crippen molar-refractivity contribution in [3.8, 4) is 0 Å². The summed E-state index contributed by atoms with van der Waals surface area (Å²) in [6, 6.07) is 0.490. The summed E-state index contributed by atoms with van der Waals surface area (Å²) >= 11 is 1.72. The fraction of sp³-hybridized carbons (Fsp3) is 0.667. The SMILES string of the molecule is COC(=O)C1(NC2CC2)CCCC(Sc2cnccn2)C1. The lowest BCUT2D eigenvalue weighted by atomic mass is 9.81. The van der Waals surface area contributed by atoms with E-state index in [1.807, 2.05) is 0 Å². The van der Waals surface area contributed by atoms with E-state index < -0.39 is 5.54 Å². The van der Waals surface area contributed by atoms with E-state index >= 15 is 0 Å². The zero-order chi connectivity index (χ0) is 14.7. The molecular formula is C15H21N3O2S. The van der Waals surface area contributed by atoms with Crippen molar-refractivity contribution >= 4 is 17.7 Å². The van der Waals surface area contributed by atoms with Gasteiger partial charge in [-0.1, -0.05) is 0 Å². The molecule has 3 rings (SSSR count). The van der Waals surface area contributed by atoms with Gasteiger partial charge in [-0.15, -0.1) is 11.8 Å². The number of hydrogen-bond acceptors (Lipinski definition) is 6. The predicted molar refractivity (Wildman–Crippen MR) is 81.0 cm³/mol. The van der Waals surface area contributed by atoms with Crippen molar-refractivity contribution in [1.82, 2.24) is 15.3 Å². The number of esters is 1. The Morgan fingerprint density at radius 3 is 2.95 bits per heavy atom. The second kappa shape index (κ2) is 6.32. The van der Waals surface area contributed by atoms with E-state index in [0.29, 0.717) is 11.3 Å². The molecule has 2 atom stereocenters. The molecule has 6 heteroatoms. The molecule has 2 fully saturated rings. The van der Waals surface area contributed by atoms with Gasteiger partial charge in [0, 0.05) is 23.7 Å².